The number of benzene rings is 1. The van der Waals surface area contributed by atoms with Crippen LogP contribution in [0.3, 0.4) is 0 Å². The molecule has 1 amide bonds. The van der Waals surface area contributed by atoms with Crippen molar-refractivity contribution in [2.75, 3.05) is 0 Å². The van der Waals surface area contributed by atoms with E-state index in [9.17, 15) is 9.59 Å². The highest BCUT2D eigenvalue weighted by molar-refractivity contribution is 5.94. The van der Waals surface area contributed by atoms with E-state index < -0.39 is 11.5 Å². The Kier molecular flexibility index (Phi) is 4.84. The fraction of sp³-hybridized carbons (Fsp3) is 0.200. The van der Waals surface area contributed by atoms with Gasteiger partial charge in [0.2, 0.25) is 0 Å². The van der Waals surface area contributed by atoms with Gasteiger partial charge in [-0.15, -0.1) is 0 Å². The van der Waals surface area contributed by atoms with E-state index in [2.05, 4.69) is 10.3 Å². The van der Waals surface area contributed by atoms with Gasteiger partial charge in [0.1, 0.15) is 11.3 Å². The Bertz CT molecular complexity index is 926. The highest BCUT2D eigenvalue weighted by Crippen LogP contribution is 2.17. The summed E-state index contributed by atoms with van der Waals surface area (Å²) in [6.45, 7) is 3.86. The third-order valence-corrected chi connectivity index (χ3v) is 3.95. The normalized spacial score (nSPS) is 11.9. The van der Waals surface area contributed by atoms with E-state index in [1.54, 1.807) is 24.5 Å². The molecule has 0 bridgehead atoms. The molecule has 0 saturated heterocycles. The fourth-order valence-corrected chi connectivity index (χ4v) is 2.72. The molecule has 0 spiro atoms. The van der Waals surface area contributed by atoms with Gasteiger partial charge in [0.05, 0.1) is 6.26 Å². The van der Waals surface area contributed by atoms with Crippen LogP contribution in [0.1, 0.15) is 28.6 Å². The first kappa shape index (κ1) is 16.8. The number of hydrogen-bond acceptors (Lipinski definition) is 3. The van der Waals surface area contributed by atoms with Crippen molar-refractivity contribution >= 4 is 5.91 Å². The van der Waals surface area contributed by atoms with Crippen LogP contribution in [0.2, 0.25) is 0 Å². The molecule has 0 fully saturated rings. The minimum atomic E-state index is -0.401. The first-order chi connectivity index (χ1) is 12.0. The molecule has 0 aliphatic carbocycles. The van der Waals surface area contributed by atoms with Gasteiger partial charge in [-0.2, -0.15) is 0 Å². The van der Waals surface area contributed by atoms with Gasteiger partial charge >= 0.3 is 0 Å². The zero-order valence-electron chi connectivity index (χ0n) is 14.2. The van der Waals surface area contributed by atoms with Crippen LogP contribution >= 0.6 is 0 Å². The monoisotopic (exact) mass is 336 g/mol. The van der Waals surface area contributed by atoms with E-state index in [0.29, 0.717) is 12.1 Å². The molecule has 128 valence electrons. The fourth-order valence-electron chi connectivity index (χ4n) is 2.72. The lowest BCUT2D eigenvalue weighted by Gasteiger charge is -2.12. The van der Waals surface area contributed by atoms with E-state index in [1.165, 1.54) is 0 Å². The van der Waals surface area contributed by atoms with Gasteiger partial charge < -0.3 is 14.7 Å². The summed E-state index contributed by atoms with van der Waals surface area (Å²) in [5.41, 5.74) is 2.40. The summed E-state index contributed by atoms with van der Waals surface area (Å²) in [5.74, 6) is 0.396. The summed E-state index contributed by atoms with van der Waals surface area (Å²) < 4.78 is 5.27. The Morgan fingerprint density at radius 1 is 1.20 bits per heavy atom. The minimum absolute atomic E-state index is 0.0997. The van der Waals surface area contributed by atoms with Crippen molar-refractivity contribution in [1.29, 1.82) is 0 Å². The number of nitrogens with one attached hydrogen (secondary N) is 2. The number of pyridine rings is 1. The molecule has 0 unspecified atom stereocenters. The molecule has 2 N–H and O–H groups in total. The summed E-state index contributed by atoms with van der Waals surface area (Å²) >= 11 is 0. The summed E-state index contributed by atoms with van der Waals surface area (Å²) in [5, 5.41) is 2.82. The topological polar surface area (TPSA) is 75.1 Å². The Balaban J connectivity index is 1.74. The zero-order chi connectivity index (χ0) is 17.8. The highest BCUT2D eigenvalue weighted by Gasteiger charge is 2.15. The number of amides is 1. The molecular weight excluding hydrogens is 316 g/mol. The second-order valence-electron chi connectivity index (χ2n) is 6.14. The molecule has 5 heteroatoms. The number of carbonyl (C=O) groups excluding carboxylic acids is 1. The molecule has 0 aliphatic rings. The quantitative estimate of drug-likeness (QED) is 0.750. The highest BCUT2D eigenvalue weighted by atomic mass is 16.3. The van der Waals surface area contributed by atoms with Crippen LogP contribution in [-0.2, 0) is 6.42 Å². The summed E-state index contributed by atoms with van der Waals surface area (Å²) in [6.07, 6.45) is 2.16. The molecule has 0 radical (unpaired) electrons. The first-order valence-corrected chi connectivity index (χ1v) is 8.16. The van der Waals surface area contributed by atoms with Crippen LogP contribution in [0.25, 0.3) is 11.3 Å². The van der Waals surface area contributed by atoms with Gasteiger partial charge in [0.15, 0.2) is 0 Å². The minimum Gasteiger partial charge on any atom is -0.469 e. The predicted octanol–water partition coefficient (Wildman–Crippen LogP) is 3.30. The molecule has 3 aromatic rings. The average molecular weight is 336 g/mol. The number of carbonyl (C=O) groups is 1. The van der Waals surface area contributed by atoms with Crippen molar-refractivity contribution in [3.63, 3.8) is 0 Å². The molecular formula is C20H20N2O3. The maximum atomic E-state index is 12.3. The molecule has 5 nitrogen and oxygen atoms in total. The van der Waals surface area contributed by atoms with Crippen LogP contribution in [0.5, 0.6) is 0 Å². The van der Waals surface area contributed by atoms with E-state index in [1.807, 2.05) is 44.2 Å². The Labute approximate surface area is 145 Å². The number of hydrogen-bond donors (Lipinski definition) is 2. The van der Waals surface area contributed by atoms with Crippen molar-refractivity contribution < 1.29 is 9.21 Å². The summed E-state index contributed by atoms with van der Waals surface area (Å²) in [4.78, 5) is 27.4. The maximum absolute atomic E-state index is 12.3. The molecule has 0 aliphatic heterocycles. The smallest absolute Gasteiger partial charge is 0.261 e. The molecule has 0 saturated carbocycles. The van der Waals surface area contributed by atoms with Crippen molar-refractivity contribution in [2.24, 2.45) is 0 Å². The Hall–Kier alpha value is -3.08. The Morgan fingerprint density at radius 3 is 2.72 bits per heavy atom. The molecule has 25 heavy (non-hydrogen) atoms. The van der Waals surface area contributed by atoms with Crippen LogP contribution in [0.15, 0.2) is 64.0 Å². The van der Waals surface area contributed by atoms with E-state index in [-0.39, 0.29) is 11.6 Å². The molecule has 2 heterocycles. The van der Waals surface area contributed by atoms with Crippen molar-refractivity contribution in [2.45, 2.75) is 26.3 Å². The lowest BCUT2D eigenvalue weighted by Crippen LogP contribution is -2.37. The summed E-state index contributed by atoms with van der Waals surface area (Å²) in [7, 11) is 0. The lowest BCUT2D eigenvalue weighted by molar-refractivity contribution is 0.0938. The molecule has 3 rings (SSSR count). The van der Waals surface area contributed by atoms with E-state index >= 15 is 0 Å². The molecule has 1 atom stereocenters. The van der Waals surface area contributed by atoms with Crippen LogP contribution in [-0.4, -0.2) is 16.9 Å². The molecule has 2 aromatic heterocycles. The van der Waals surface area contributed by atoms with Gasteiger partial charge in [-0.05, 0) is 49.7 Å². The van der Waals surface area contributed by atoms with Gasteiger partial charge in [-0.3, -0.25) is 9.59 Å². The largest absolute Gasteiger partial charge is 0.469 e. The number of aryl methyl sites for hydroxylation is 1. The number of aromatic amines is 1. The second-order valence-corrected chi connectivity index (χ2v) is 6.14. The summed E-state index contributed by atoms with van der Waals surface area (Å²) in [6, 6.07) is 14.6. The number of rotatable bonds is 5. The van der Waals surface area contributed by atoms with Crippen molar-refractivity contribution in [1.82, 2.24) is 10.3 Å². The third-order valence-electron chi connectivity index (χ3n) is 3.95. The standard InChI is InChI=1S/C20H20N2O3/c1-13-5-3-6-15(11-13)18-9-8-17(20(24)22-18)19(23)21-14(2)12-16-7-4-10-25-16/h3-11,14H,12H2,1-2H3,(H,21,23)(H,22,24)/t14-/m1/s1. The van der Waals surface area contributed by atoms with Crippen molar-refractivity contribution in [3.8, 4) is 11.3 Å². The van der Waals surface area contributed by atoms with E-state index in [4.69, 9.17) is 4.42 Å². The first-order valence-electron chi connectivity index (χ1n) is 8.16. The van der Waals surface area contributed by atoms with E-state index in [0.717, 1.165) is 16.9 Å². The van der Waals surface area contributed by atoms with Gasteiger partial charge in [-0.1, -0.05) is 23.8 Å². The molecule has 1 aromatic carbocycles. The number of aromatic nitrogens is 1. The van der Waals surface area contributed by atoms with Crippen LogP contribution in [0.4, 0.5) is 0 Å². The van der Waals surface area contributed by atoms with Crippen LogP contribution < -0.4 is 10.9 Å². The predicted molar refractivity (Wildman–Crippen MR) is 96.6 cm³/mol. The van der Waals surface area contributed by atoms with Gasteiger partial charge in [0, 0.05) is 18.2 Å². The number of furan rings is 1. The van der Waals surface area contributed by atoms with Crippen LogP contribution in [0, 0.1) is 6.92 Å². The second kappa shape index (κ2) is 7.21. The number of H-pyrrole nitrogens is 1. The SMILES string of the molecule is Cc1cccc(-c2ccc(C(=O)N[C@H](C)Cc3ccco3)c(=O)[nH]2)c1. The Morgan fingerprint density at radius 2 is 2.04 bits per heavy atom. The van der Waals surface area contributed by atoms with Crippen molar-refractivity contribution in [3.05, 3.63) is 82.0 Å². The zero-order valence-corrected chi connectivity index (χ0v) is 14.2. The average Bonchev–Trinajstić information content (AvgIpc) is 3.07. The third kappa shape index (κ3) is 4.07. The van der Waals surface area contributed by atoms with Gasteiger partial charge in [-0.25, -0.2) is 0 Å². The maximum Gasteiger partial charge on any atom is 0.261 e. The van der Waals surface area contributed by atoms with Gasteiger partial charge in [0.25, 0.3) is 11.5 Å². The lowest BCUT2D eigenvalue weighted by atomic mass is 10.1.